The molecule has 0 bridgehead atoms. The Kier molecular flexibility index (Phi) is 11.8. The van der Waals surface area contributed by atoms with Crippen molar-refractivity contribution in [2.75, 3.05) is 32.8 Å². The molecule has 2 N–H and O–H groups in total. The molecule has 0 unspecified atom stereocenters. The summed E-state index contributed by atoms with van der Waals surface area (Å²) in [7, 11) is 0. The van der Waals surface area contributed by atoms with Crippen LogP contribution in [-0.2, 0) is 11.3 Å². The summed E-state index contributed by atoms with van der Waals surface area (Å²) >= 11 is 0. The number of unbranched alkanes of at least 4 members (excludes halogenated alkanes) is 1. The normalized spacial score (nSPS) is 14.3. The van der Waals surface area contributed by atoms with Gasteiger partial charge in [-0.1, -0.05) is 0 Å². The molecule has 138 valence electrons. The minimum Gasteiger partial charge on any atom is -0.381 e. The summed E-state index contributed by atoms with van der Waals surface area (Å²) in [6.45, 7) is 7.41. The number of halogens is 1. The molecule has 0 radical (unpaired) electrons. The Morgan fingerprint density at radius 3 is 2.71 bits per heavy atom. The number of aryl methyl sites for hydroxylation is 1. The van der Waals surface area contributed by atoms with Gasteiger partial charge in [-0.05, 0) is 44.9 Å². The average molecular weight is 450 g/mol. The minimum atomic E-state index is 0. The van der Waals surface area contributed by atoms with Crippen LogP contribution in [0.4, 0.5) is 0 Å². The Morgan fingerprint density at radius 2 is 2.00 bits per heavy atom. The third-order valence-corrected chi connectivity index (χ3v) is 3.71. The van der Waals surface area contributed by atoms with Crippen LogP contribution in [0.5, 0.6) is 0 Å². The summed E-state index contributed by atoms with van der Waals surface area (Å²) in [6, 6.07) is 0. The van der Waals surface area contributed by atoms with Gasteiger partial charge >= 0.3 is 0 Å². The van der Waals surface area contributed by atoms with Gasteiger partial charge in [0.2, 0.25) is 0 Å². The molecule has 7 nitrogen and oxygen atoms in total. The van der Waals surface area contributed by atoms with Gasteiger partial charge in [0.05, 0.1) is 0 Å². The van der Waals surface area contributed by atoms with Crippen molar-refractivity contribution in [1.29, 1.82) is 0 Å². The maximum atomic E-state index is 5.63. The van der Waals surface area contributed by atoms with Gasteiger partial charge in [-0.25, -0.2) is 0 Å². The number of guanidine groups is 1. The Morgan fingerprint density at radius 1 is 1.21 bits per heavy atom. The first-order valence-electron chi connectivity index (χ1n) is 8.81. The molecule has 1 heterocycles. The highest BCUT2D eigenvalue weighted by Crippen LogP contribution is 2.28. The first-order valence-corrected chi connectivity index (χ1v) is 8.81. The maximum Gasteiger partial charge on any atom is 0.191 e. The summed E-state index contributed by atoms with van der Waals surface area (Å²) in [5, 5.41) is 14.3. The third-order valence-electron chi connectivity index (χ3n) is 3.71. The van der Waals surface area contributed by atoms with E-state index < -0.39 is 0 Å². The molecule has 1 aromatic heterocycles. The summed E-state index contributed by atoms with van der Waals surface area (Å²) < 4.78 is 7.63. The van der Waals surface area contributed by atoms with Gasteiger partial charge < -0.3 is 19.9 Å². The molecule has 0 aromatic carbocycles. The zero-order valence-electron chi connectivity index (χ0n) is 14.6. The van der Waals surface area contributed by atoms with E-state index in [9.17, 15) is 0 Å². The largest absolute Gasteiger partial charge is 0.381 e. The van der Waals surface area contributed by atoms with E-state index in [-0.39, 0.29) is 24.0 Å². The van der Waals surface area contributed by atoms with Crippen LogP contribution in [0.25, 0.3) is 0 Å². The summed E-state index contributed by atoms with van der Waals surface area (Å²) in [6.07, 6.45) is 9.38. The molecule has 1 aromatic rings. The molecule has 1 aliphatic rings. The topological polar surface area (TPSA) is 76.4 Å². The van der Waals surface area contributed by atoms with Gasteiger partial charge in [0.25, 0.3) is 0 Å². The summed E-state index contributed by atoms with van der Waals surface area (Å²) in [4.78, 5) is 4.58. The van der Waals surface area contributed by atoms with Crippen molar-refractivity contribution in [3.63, 3.8) is 0 Å². The van der Waals surface area contributed by atoms with E-state index in [1.54, 1.807) is 12.7 Å². The lowest BCUT2D eigenvalue weighted by Crippen LogP contribution is -2.38. The Hall–Kier alpha value is -0.900. The molecule has 0 saturated heterocycles. The van der Waals surface area contributed by atoms with Crippen molar-refractivity contribution in [2.24, 2.45) is 10.9 Å². The lowest BCUT2D eigenvalue weighted by molar-refractivity contribution is 0.123. The second-order valence-corrected chi connectivity index (χ2v) is 5.97. The Balaban J connectivity index is 0.00000288. The minimum absolute atomic E-state index is 0. The zero-order chi connectivity index (χ0) is 16.2. The second-order valence-electron chi connectivity index (χ2n) is 5.97. The number of rotatable bonds is 12. The van der Waals surface area contributed by atoms with E-state index in [4.69, 9.17) is 4.74 Å². The number of ether oxygens (including phenoxy) is 1. The van der Waals surface area contributed by atoms with Crippen LogP contribution in [-0.4, -0.2) is 53.6 Å². The molecule has 1 saturated carbocycles. The molecule has 0 atom stereocenters. The van der Waals surface area contributed by atoms with Crippen LogP contribution in [0, 0.1) is 5.92 Å². The van der Waals surface area contributed by atoms with E-state index in [1.165, 1.54) is 12.8 Å². The molecule has 8 heteroatoms. The van der Waals surface area contributed by atoms with Crippen molar-refractivity contribution in [3.05, 3.63) is 12.7 Å². The number of aromatic nitrogens is 3. The third kappa shape index (κ3) is 10.1. The molecule has 1 fully saturated rings. The van der Waals surface area contributed by atoms with Crippen LogP contribution >= 0.6 is 24.0 Å². The van der Waals surface area contributed by atoms with Crippen molar-refractivity contribution in [1.82, 2.24) is 25.4 Å². The molecule has 2 rings (SSSR count). The van der Waals surface area contributed by atoms with Gasteiger partial charge in [0.1, 0.15) is 12.7 Å². The van der Waals surface area contributed by atoms with Crippen molar-refractivity contribution in [2.45, 2.75) is 45.6 Å². The maximum absolute atomic E-state index is 5.63. The Labute approximate surface area is 162 Å². The lowest BCUT2D eigenvalue weighted by Gasteiger charge is -2.11. The van der Waals surface area contributed by atoms with Crippen LogP contribution in [0.15, 0.2) is 17.6 Å². The quantitative estimate of drug-likeness (QED) is 0.221. The van der Waals surface area contributed by atoms with Gasteiger partial charge in [-0.2, -0.15) is 0 Å². The van der Waals surface area contributed by atoms with E-state index in [2.05, 4.69) is 32.7 Å². The number of hydrogen-bond acceptors (Lipinski definition) is 4. The monoisotopic (exact) mass is 450 g/mol. The second kappa shape index (κ2) is 13.4. The van der Waals surface area contributed by atoms with Crippen molar-refractivity contribution in [3.8, 4) is 0 Å². The standard InChI is InChI=1S/C16H30N6O.HI/c1-2-17-16(19-9-5-11-23-12-15-6-7-15)18-8-3-4-10-22-13-20-21-14-22;/h13-15H,2-12H2,1H3,(H2,17,18,19);1H. The van der Waals surface area contributed by atoms with E-state index in [0.29, 0.717) is 0 Å². The van der Waals surface area contributed by atoms with Gasteiger partial charge in [-0.3, -0.25) is 4.99 Å². The average Bonchev–Trinajstić information content (AvgIpc) is 3.23. The van der Waals surface area contributed by atoms with Crippen LogP contribution < -0.4 is 10.6 Å². The number of hydrogen-bond donors (Lipinski definition) is 2. The van der Waals surface area contributed by atoms with Crippen LogP contribution in [0.1, 0.15) is 39.0 Å². The van der Waals surface area contributed by atoms with Crippen molar-refractivity contribution >= 4 is 29.9 Å². The van der Waals surface area contributed by atoms with Crippen LogP contribution in [0.2, 0.25) is 0 Å². The van der Waals surface area contributed by atoms with E-state index >= 15 is 0 Å². The van der Waals surface area contributed by atoms with Gasteiger partial charge in [0, 0.05) is 39.4 Å². The fourth-order valence-corrected chi connectivity index (χ4v) is 2.20. The number of nitrogens with zero attached hydrogens (tertiary/aromatic N) is 4. The first-order chi connectivity index (χ1) is 11.4. The highest BCUT2D eigenvalue weighted by Gasteiger charge is 2.20. The van der Waals surface area contributed by atoms with E-state index in [1.807, 2.05) is 4.57 Å². The summed E-state index contributed by atoms with van der Waals surface area (Å²) in [5.74, 6) is 1.74. The smallest absolute Gasteiger partial charge is 0.191 e. The van der Waals surface area contributed by atoms with Crippen molar-refractivity contribution < 1.29 is 4.74 Å². The molecular formula is C16H31IN6O. The van der Waals surface area contributed by atoms with Gasteiger partial charge in [-0.15, -0.1) is 34.2 Å². The summed E-state index contributed by atoms with van der Waals surface area (Å²) in [5.41, 5.74) is 0. The van der Waals surface area contributed by atoms with Gasteiger partial charge in [0.15, 0.2) is 5.96 Å². The molecule has 24 heavy (non-hydrogen) atoms. The number of nitrogens with one attached hydrogen (secondary N) is 2. The zero-order valence-corrected chi connectivity index (χ0v) is 16.9. The number of aliphatic imine (C=N–C) groups is 1. The highest BCUT2D eigenvalue weighted by atomic mass is 127. The molecule has 0 aliphatic heterocycles. The lowest BCUT2D eigenvalue weighted by atomic mass is 10.3. The first kappa shape index (κ1) is 21.1. The molecule has 0 spiro atoms. The fraction of sp³-hybridized carbons (Fsp3) is 0.812. The van der Waals surface area contributed by atoms with E-state index in [0.717, 1.165) is 70.5 Å². The SMILES string of the molecule is CCNC(=NCCCOCC1CC1)NCCCCn1cnnc1.I. The Bertz CT molecular complexity index is 436. The highest BCUT2D eigenvalue weighted by molar-refractivity contribution is 14.0. The molecule has 1 aliphatic carbocycles. The predicted molar refractivity (Wildman–Crippen MR) is 107 cm³/mol. The molecule has 0 amide bonds. The van der Waals surface area contributed by atoms with Crippen LogP contribution in [0.3, 0.4) is 0 Å². The fourth-order valence-electron chi connectivity index (χ4n) is 2.20. The predicted octanol–water partition coefficient (Wildman–Crippen LogP) is 2.05. The molecular weight excluding hydrogens is 419 g/mol.